The van der Waals surface area contributed by atoms with Crippen molar-refractivity contribution >= 4 is 28.5 Å². The number of carbonyl (C=O) groups is 2. The molecule has 2 aliphatic heterocycles. The van der Waals surface area contributed by atoms with Gasteiger partial charge in [-0.25, -0.2) is 4.98 Å². The summed E-state index contributed by atoms with van der Waals surface area (Å²) in [5, 5.41) is 0. The smallest absolute Gasteiger partial charge is 0.228 e. The largest absolute Gasteiger partial charge is 0.342 e. The molecule has 0 bridgehead atoms. The number of rotatable bonds is 3. The van der Waals surface area contributed by atoms with Gasteiger partial charge in [-0.15, -0.1) is 0 Å². The summed E-state index contributed by atoms with van der Waals surface area (Å²) >= 11 is 0. The van der Waals surface area contributed by atoms with E-state index in [1.54, 1.807) is 4.90 Å². The van der Waals surface area contributed by atoms with Crippen LogP contribution in [0.4, 0.5) is 5.69 Å². The Bertz CT molecular complexity index is 1110. The molecule has 0 saturated carbocycles. The number of likely N-dealkylation sites (tertiary alicyclic amines) is 1. The maximum absolute atomic E-state index is 13.2. The zero-order valence-electron chi connectivity index (χ0n) is 18.1. The van der Waals surface area contributed by atoms with Crippen molar-refractivity contribution in [1.29, 1.82) is 0 Å². The number of nitrogens with zero attached hydrogens (tertiary/aromatic N) is 3. The van der Waals surface area contributed by atoms with E-state index in [9.17, 15) is 9.59 Å². The van der Waals surface area contributed by atoms with Gasteiger partial charge in [-0.1, -0.05) is 24.3 Å². The molecule has 2 saturated heterocycles. The molecular weight excluding hydrogens is 388 g/mol. The number of aryl methyl sites for hydroxylation is 1. The number of amides is 2. The lowest BCUT2D eigenvalue weighted by atomic mass is 9.95. The van der Waals surface area contributed by atoms with Crippen LogP contribution in [-0.4, -0.2) is 46.3 Å². The molecule has 2 fully saturated rings. The molecule has 3 heterocycles. The number of piperidine rings is 1. The Labute approximate surface area is 182 Å². The first-order valence-corrected chi connectivity index (χ1v) is 11.1. The van der Waals surface area contributed by atoms with E-state index in [-0.39, 0.29) is 17.7 Å². The van der Waals surface area contributed by atoms with Crippen LogP contribution in [0.2, 0.25) is 0 Å². The van der Waals surface area contributed by atoms with Gasteiger partial charge >= 0.3 is 0 Å². The van der Waals surface area contributed by atoms with Gasteiger partial charge in [-0.2, -0.15) is 0 Å². The molecule has 6 heteroatoms. The van der Waals surface area contributed by atoms with Gasteiger partial charge in [0, 0.05) is 37.7 Å². The van der Waals surface area contributed by atoms with Crippen LogP contribution < -0.4 is 4.90 Å². The van der Waals surface area contributed by atoms with E-state index in [1.807, 2.05) is 61.2 Å². The van der Waals surface area contributed by atoms with E-state index < -0.39 is 0 Å². The van der Waals surface area contributed by atoms with Crippen LogP contribution in [-0.2, 0) is 9.59 Å². The number of carbonyl (C=O) groups excluding carboxylic acids is 2. The van der Waals surface area contributed by atoms with Gasteiger partial charge in [0.2, 0.25) is 11.8 Å². The molecule has 2 amide bonds. The number of aromatic amines is 1. The topological polar surface area (TPSA) is 69.3 Å². The fourth-order valence-corrected chi connectivity index (χ4v) is 4.93. The number of hydrogen-bond donors (Lipinski definition) is 1. The van der Waals surface area contributed by atoms with Crippen molar-refractivity contribution in [1.82, 2.24) is 14.9 Å². The van der Waals surface area contributed by atoms with Gasteiger partial charge in [0.15, 0.2) is 0 Å². The fraction of sp³-hybridized carbons (Fsp3) is 0.400. The number of para-hydroxylation sites is 2. The first kappa shape index (κ1) is 19.8. The van der Waals surface area contributed by atoms with Crippen LogP contribution >= 0.6 is 0 Å². The highest BCUT2D eigenvalue weighted by Gasteiger charge is 2.38. The molecule has 1 atom stereocenters. The van der Waals surface area contributed by atoms with Gasteiger partial charge in [0.25, 0.3) is 0 Å². The second-order valence-corrected chi connectivity index (χ2v) is 8.86. The SMILES string of the molecule is Cc1cccc(N2C[C@H](C(=O)N3CCC(c4nc5ccccc5[nH]4)CC3)CC2=O)c1C. The average molecular weight is 417 g/mol. The van der Waals surface area contributed by atoms with Crippen molar-refractivity contribution in [2.75, 3.05) is 24.5 Å². The Morgan fingerprint density at radius 3 is 2.61 bits per heavy atom. The predicted octanol–water partition coefficient (Wildman–Crippen LogP) is 3.94. The molecule has 3 aromatic rings. The van der Waals surface area contributed by atoms with Crippen LogP contribution in [0.15, 0.2) is 42.5 Å². The highest BCUT2D eigenvalue weighted by atomic mass is 16.2. The zero-order valence-corrected chi connectivity index (χ0v) is 18.1. The average Bonchev–Trinajstić information content (AvgIpc) is 3.39. The molecular formula is C25H28N4O2. The molecule has 6 nitrogen and oxygen atoms in total. The standard InChI is InChI=1S/C25H28N4O2/c1-16-6-5-9-22(17(16)2)29-15-19(14-23(29)30)25(31)28-12-10-18(11-13-28)24-26-20-7-3-4-8-21(20)27-24/h3-9,18-19H,10-15H2,1-2H3,(H,26,27)/t19-/m1/s1. The number of H-pyrrole nitrogens is 1. The maximum Gasteiger partial charge on any atom is 0.228 e. The van der Waals surface area contributed by atoms with Gasteiger partial charge in [0.1, 0.15) is 5.82 Å². The second kappa shape index (κ2) is 7.84. The molecule has 1 N–H and O–H groups in total. The van der Waals surface area contributed by atoms with Crippen LogP contribution in [0.25, 0.3) is 11.0 Å². The number of benzene rings is 2. The van der Waals surface area contributed by atoms with Crippen molar-refractivity contribution in [3.8, 4) is 0 Å². The maximum atomic E-state index is 13.2. The first-order valence-electron chi connectivity index (χ1n) is 11.1. The summed E-state index contributed by atoms with van der Waals surface area (Å²) < 4.78 is 0. The molecule has 2 aliphatic rings. The van der Waals surface area contributed by atoms with Crippen molar-refractivity contribution in [2.24, 2.45) is 5.92 Å². The lowest BCUT2D eigenvalue weighted by molar-refractivity contribution is -0.136. The van der Waals surface area contributed by atoms with Gasteiger partial charge in [-0.3, -0.25) is 9.59 Å². The number of nitrogens with one attached hydrogen (secondary N) is 1. The van der Waals surface area contributed by atoms with E-state index in [2.05, 4.69) is 4.98 Å². The molecule has 1 aromatic heterocycles. The lowest BCUT2D eigenvalue weighted by Crippen LogP contribution is -2.42. The number of aromatic nitrogens is 2. The molecule has 5 rings (SSSR count). The van der Waals surface area contributed by atoms with E-state index in [0.29, 0.717) is 32.0 Å². The summed E-state index contributed by atoms with van der Waals surface area (Å²) in [5.41, 5.74) is 5.26. The zero-order chi connectivity index (χ0) is 21.5. The van der Waals surface area contributed by atoms with Crippen LogP contribution in [0.3, 0.4) is 0 Å². The lowest BCUT2D eigenvalue weighted by Gasteiger charge is -2.32. The van der Waals surface area contributed by atoms with Crippen LogP contribution in [0, 0.1) is 19.8 Å². The molecule has 2 aromatic carbocycles. The monoisotopic (exact) mass is 416 g/mol. The van der Waals surface area contributed by atoms with Crippen LogP contribution in [0.5, 0.6) is 0 Å². The summed E-state index contributed by atoms with van der Waals surface area (Å²) in [6.45, 7) is 6.00. The van der Waals surface area contributed by atoms with Gasteiger partial charge in [0.05, 0.1) is 17.0 Å². The van der Waals surface area contributed by atoms with Crippen molar-refractivity contribution < 1.29 is 9.59 Å². The fourth-order valence-electron chi connectivity index (χ4n) is 4.93. The Kier molecular flexibility index (Phi) is 5.00. The summed E-state index contributed by atoms with van der Waals surface area (Å²) in [5.74, 6) is 1.27. The normalized spacial score (nSPS) is 20.1. The third-order valence-electron chi connectivity index (χ3n) is 6.94. The minimum atomic E-state index is -0.254. The van der Waals surface area contributed by atoms with E-state index in [4.69, 9.17) is 4.98 Å². The summed E-state index contributed by atoms with van der Waals surface area (Å²) in [6.07, 6.45) is 2.09. The molecule has 0 spiro atoms. The van der Waals surface area contributed by atoms with Gasteiger partial charge < -0.3 is 14.8 Å². The van der Waals surface area contributed by atoms with Crippen LogP contribution in [0.1, 0.15) is 42.1 Å². The Balaban J connectivity index is 1.23. The Morgan fingerprint density at radius 1 is 1.06 bits per heavy atom. The second-order valence-electron chi connectivity index (χ2n) is 8.86. The highest BCUT2D eigenvalue weighted by Crippen LogP contribution is 2.32. The molecule has 0 aliphatic carbocycles. The number of fused-ring (bicyclic) bond motifs is 1. The molecule has 0 radical (unpaired) electrons. The highest BCUT2D eigenvalue weighted by molar-refractivity contribution is 6.01. The minimum absolute atomic E-state index is 0.0456. The van der Waals surface area contributed by atoms with Crippen molar-refractivity contribution in [3.63, 3.8) is 0 Å². The third kappa shape index (κ3) is 3.60. The predicted molar refractivity (Wildman–Crippen MR) is 121 cm³/mol. The van der Waals surface area contributed by atoms with Gasteiger partial charge in [-0.05, 0) is 56.0 Å². The van der Waals surface area contributed by atoms with Crippen molar-refractivity contribution in [2.45, 2.75) is 39.0 Å². The molecule has 160 valence electrons. The molecule has 0 unspecified atom stereocenters. The minimum Gasteiger partial charge on any atom is -0.342 e. The van der Waals surface area contributed by atoms with E-state index in [1.165, 1.54) is 0 Å². The quantitative estimate of drug-likeness (QED) is 0.703. The number of hydrogen-bond acceptors (Lipinski definition) is 3. The Hall–Kier alpha value is -3.15. The van der Waals surface area contributed by atoms with E-state index in [0.717, 1.165) is 46.5 Å². The first-order chi connectivity index (χ1) is 15.0. The Morgan fingerprint density at radius 2 is 1.84 bits per heavy atom. The summed E-state index contributed by atoms with van der Waals surface area (Å²) in [6, 6.07) is 14.1. The third-order valence-corrected chi connectivity index (χ3v) is 6.94. The van der Waals surface area contributed by atoms with E-state index >= 15 is 0 Å². The number of anilines is 1. The molecule has 31 heavy (non-hydrogen) atoms. The summed E-state index contributed by atoms with van der Waals surface area (Å²) in [4.78, 5) is 37.8. The summed E-state index contributed by atoms with van der Waals surface area (Å²) in [7, 11) is 0. The van der Waals surface area contributed by atoms with Crippen molar-refractivity contribution in [3.05, 3.63) is 59.4 Å². The number of imidazole rings is 1.